The molecule has 9 heteroatoms. The van der Waals surface area contributed by atoms with Gasteiger partial charge < -0.3 is 4.74 Å². The number of nitrogens with zero attached hydrogens (tertiary/aromatic N) is 1. The molecule has 0 saturated heterocycles. The molecule has 5 aromatic rings. The monoisotopic (exact) mass is 575 g/mol. The smallest absolute Gasteiger partial charge is 0.343 e. The Hall–Kier alpha value is -4.17. The lowest BCUT2D eigenvalue weighted by Gasteiger charge is -2.25. The van der Waals surface area contributed by atoms with Crippen molar-refractivity contribution in [3.05, 3.63) is 136 Å². The lowest BCUT2D eigenvalue weighted by Crippen LogP contribution is -2.37. The molecule has 5 rings (SSSR count). The lowest BCUT2D eigenvalue weighted by molar-refractivity contribution is 0.0737. The summed E-state index contributed by atoms with van der Waals surface area (Å²) in [6, 6.07) is 29.9. The maximum Gasteiger partial charge on any atom is 0.343 e. The van der Waals surface area contributed by atoms with Crippen LogP contribution in [0.4, 0.5) is 5.69 Å². The van der Waals surface area contributed by atoms with Crippen LogP contribution in [0.1, 0.15) is 20.7 Å². The van der Waals surface area contributed by atoms with Gasteiger partial charge in [-0.05, 0) is 54.6 Å². The number of carbonyl (C=O) groups excluding carboxylic acids is 2. The van der Waals surface area contributed by atoms with Crippen LogP contribution in [-0.4, -0.2) is 20.3 Å². The predicted molar refractivity (Wildman–Crippen MR) is 152 cm³/mol. The van der Waals surface area contributed by atoms with E-state index in [-0.39, 0.29) is 26.9 Å². The van der Waals surface area contributed by atoms with Crippen molar-refractivity contribution >= 4 is 61.6 Å². The van der Waals surface area contributed by atoms with Gasteiger partial charge in [-0.1, -0.05) is 83.9 Å². The average molecular weight is 576 g/mol. The normalized spacial score (nSPS) is 11.2. The Labute approximate surface area is 235 Å². The Morgan fingerprint density at radius 2 is 1.21 bits per heavy atom. The standard InChI is InChI=1S/C30H19Cl2NO5S/c31-22-15-17-23(18-16-22)39(36,37)33(29(34)20-9-3-1-4-10-20)27-19-26(32)28(25-14-8-7-13-24(25)27)38-30(35)21-11-5-2-6-12-21/h1-19H. The van der Waals surface area contributed by atoms with E-state index in [1.54, 1.807) is 72.8 Å². The van der Waals surface area contributed by atoms with E-state index in [1.807, 2.05) is 0 Å². The summed E-state index contributed by atoms with van der Waals surface area (Å²) in [7, 11) is -4.45. The second-order valence-electron chi connectivity index (χ2n) is 8.40. The van der Waals surface area contributed by atoms with E-state index in [4.69, 9.17) is 27.9 Å². The van der Waals surface area contributed by atoms with Gasteiger partial charge in [-0.3, -0.25) is 4.79 Å². The number of rotatable bonds is 6. The summed E-state index contributed by atoms with van der Waals surface area (Å²) in [4.78, 5) is 26.5. The molecule has 0 aliphatic rings. The number of hydrogen-bond acceptors (Lipinski definition) is 5. The molecule has 0 heterocycles. The molecular formula is C30H19Cl2NO5S. The lowest BCUT2D eigenvalue weighted by atomic mass is 10.1. The minimum Gasteiger partial charge on any atom is -0.421 e. The Bertz CT molecular complexity index is 1790. The van der Waals surface area contributed by atoms with E-state index < -0.39 is 21.9 Å². The van der Waals surface area contributed by atoms with Gasteiger partial charge >= 0.3 is 5.97 Å². The van der Waals surface area contributed by atoms with E-state index >= 15 is 0 Å². The van der Waals surface area contributed by atoms with Crippen molar-refractivity contribution in [1.29, 1.82) is 0 Å². The Morgan fingerprint density at radius 1 is 0.667 bits per heavy atom. The molecule has 0 N–H and O–H groups in total. The number of sulfonamides is 1. The highest BCUT2D eigenvalue weighted by atomic mass is 35.5. The molecule has 0 spiro atoms. The zero-order valence-electron chi connectivity index (χ0n) is 20.1. The van der Waals surface area contributed by atoms with Gasteiger partial charge in [-0.25, -0.2) is 13.2 Å². The minimum atomic E-state index is -4.45. The average Bonchev–Trinajstić information content (AvgIpc) is 2.96. The number of benzene rings is 5. The highest BCUT2D eigenvalue weighted by molar-refractivity contribution is 7.93. The summed E-state index contributed by atoms with van der Waals surface area (Å²) < 4.78 is 34.4. The SMILES string of the molecule is O=C(Oc1c(Cl)cc(N(C(=O)c2ccccc2)S(=O)(=O)c2ccc(Cl)cc2)c2ccccc12)c1ccccc1. The number of carbonyl (C=O) groups is 2. The van der Waals surface area contributed by atoms with Crippen LogP contribution in [0.25, 0.3) is 10.8 Å². The fourth-order valence-corrected chi connectivity index (χ4v) is 5.85. The van der Waals surface area contributed by atoms with Crippen molar-refractivity contribution in [2.45, 2.75) is 4.90 Å². The third kappa shape index (κ3) is 5.25. The molecule has 0 bridgehead atoms. The summed E-state index contributed by atoms with van der Waals surface area (Å²) in [6.07, 6.45) is 0. The van der Waals surface area contributed by atoms with Crippen molar-refractivity contribution in [1.82, 2.24) is 0 Å². The molecule has 0 atom stereocenters. The summed E-state index contributed by atoms with van der Waals surface area (Å²) >= 11 is 12.6. The zero-order chi connectivity index (χ0) is 27.6. The third-order valence-electron chi connectivity index (χ3n) is 5.91. The van der Waals surface area contributed by atoms with Gasteiger partial charge in [-0.2, -0.15) is 4.31 Å². The second kappa shape index (κ2) is 10.9. The van der Waals surface area contributed by atoms with Crippen molar-refractivity contribution in [3.63, 3.8) is 0 Å². The Kier molecular flexibility index (Phi) is 7.39. The topological polar surface area (TPSA) is 80.8 Å². The van der Waals surface area contributed by atoms with Crippen LogP contribution >= 0.6 is 23.2 Å². The summed E-state index contributed by atoms with van der Waals surface area (Å²) in [5.41, 5.74) is 0.460. The Morgan fingerprint density at radius 3 is 1.82 bits per heavy atom. The van der Waals surface area contributed by atoms with Crippen LogP contribution in [0.2, 0.25) is 10.0 Å². The van der Waals surface area contributed by atoms with E-state index in [0.29, 0.717) is 25.7 Å². The zero-order valence-corrected chi connectivity index (χ0v) is 22.5. The molecule has 0 radical (unpaired) electrons. The van der Waals surface area contributed by atoms with Gasteiger partial charge in [0.15, 0.2) is 5.75 Å². The fourth-order valence-electron chi connectivity index (χ4n) is 4.05. The molecular weight excluding hydrogens is 557 g/mol. The molecule has 0 saturated carbocycles. The fraction of sp³-hybridized carbons (Fsp3) is 0. The minimum absolute atomic E-state index is 0.00101. The highest BCUT2D eigenvalue weighted by Gasteiger charge is 2.34. The van der Waals surface area contributed by atoms with Gasteiger partial charge in [0, 0.05) is 21.4 Å². The van der Waals surface area contributed by atoms with Crippen LogP contribution in [0.5, 0.6) is 5.75 Å². The van der Waals surface area contributed by atoms with Crippen molar-refractivity contribution in [2.24, 2.45) is 0 Å². The van der Waals surface area contributed by atoms with Crippen molar-refractivity contribution in [3.8, 4) is 5.75 Å². The molecule has 0 aromatic heterocycles. The van der Waals surface area contributed by atoms with Crippen LogP contribution in [0.3, 0.4) is 0 Å². The quantitative estimate of drug-likeness (QED) is 0.155. The Balaban J connectivity index is 1.71. The number of anilines is 1. The van der Waals surface area contributed by atoms with Gasteiger partial charge in [0.05, 0.1) is 21.2 Å². The predicted octanol–water partition coefficient (Wildman–Crippen LogP) is 7.40. The molecule has 0 aliphatic carbocycles. The number of esters is 1. The first-order chi connectivity index (χ1) is 18.8. The second-order valence-corrected chi connectivity index (χ2v) is 11.0. The highest BCUT2D eigenvalue weighted by Crippen LogP contribution is 2.42. The molecule has 0 aliphatic heterocycles. The van der Waals surface area contributed by atoms with Gasteiger partial charge in [0.2, 0.25) is 0 Å². The van der Waals surface area contributed by atoms with Crippen LogP contribution < -0.4 is 9.04 Å². The summed E-state index contributed by atoms with van der Waals surface area (Å²) in [5.74, 6) is -1.39. The van der Waals surface area contributed by atoms with Gasteiger partial charge in [0.25, 0.3) is 15.9 Å². The maximum atomic E-state index is 14.0. The molecule has 194 valence electrons. The molecule has 39 heavy (non-hydrogen) atoms. The number of fused-ring (bicyclic) bond motifs is 1. The van der Waals surface area contributed by atoms with E-state index in [1.165, 1.54) is 42.5 Å². The number of ether oxygens (including phenoxy) is 1. The van der Waals surface area contributed by atoms with Gasteiger partial charge in [0.1, 0.15) is 0 Å². The van der Waals surface area contributed by atoms with Gasteiger partial charge in [-0.15, -0.1) is 0 Å². The summed E-state index contributed by atoms with van der Waals surface area (Å²) in [5, 5.41) is 0.971. The van der Waals surface area contributed by atoms with Crippen molar-refractivity contribution in [2.75, 3.05) is 4.31 Å². The largest absolute Gasteiger partial charge is 0.421 e. The third-order valence-corrected chi connectivity index (χ3v) is 8.15. The number of halogens is 2. The van der Waals surface area contributed by atoms with Crippen LogP contribution in [-0.2, 0) is 10.0 Å². The maximum absolute atomic E-state index is 14.0. The summed E-state index contributed by atoms with van der Waals surface area (Å²) in [6.45, 7) is 0. The molecule has 5 aromatic carbocycles. The molecule has 0 unspecified atom stereocenters. The van der Waals surface area contributed by atoms with Crippen LogP contribution in [0, 0.1) is 0 Å². The van der Waals surface area contributed by atoms with E-state index in [0.717, 1.165) is 0 Å². The molecule has 0 fully saturated rings. The number of amides is 1. The molecule has 1 amide bonds. The molecule has 6 nitrogen and oxygen atoms in total. The van der Waals surface area contributed by atoms with Crippen molar-refractivity contribution < 1.29 is 22.7 Å². The first-order valence-corrected chi connectivity index (χ1v) is 13.9. The first kappa shape index (κ1) is 26.4. The van der Waals surface area contributed by atoms with Crippen LogP contribution in [0.15, 0.2) is 120 Å². The van der Waals surface area contributed by atoms with E-state index in [9.17, 15) is 18.0 Å². The first-order valence-electron chi connectivity index (χ1n) is 11.7. The van der Waals surface area contributed by atoms with E-state index in [2.05, 4.69) is 0 Å². The number of hydrogen-bond donors (Lipinski definition) is 0.